The Hall–Kier alpha value is -3.86. The van der Waals surface area contributed by atoms with Crippen molar-refractivity contribution in [3.8, 4) is 28.5 Å². The summed E-state index contributed by atoms with van der Waals surface area (Å²) in [6.45, 7) is 0.244. The van der Waals surface area contributed by atoms with Gasteiger partial charge in [0.05, 0.1) is 12.7 Å². The molecule has 0 spiro atoms. The minimum Gasteiger partial charge on any atom is -0.405 e. The van der Waals surface area contributed by atoms with Gasteiger partial charge in [-0.25, -0.2) is 9.89 Å². The van der Waals surface area contributed by atoms with Crippen LogP contribution in [0.4, 0.5) is 13.2 Å². The molecule has 4 fully saturated rings. The van der Waals surface area contributed by atoms with Crippen molar-refractivity contribution in [2.45, 2.75) is 75.4 Å². The van der Waals surface area contributed by atoms with Gasteiger partial charge in [0.2, 0.25) is 5.89 Å². The van der Waals surface area contributed by atoms with Gasteiger partial charge >= 0.3 is 12.1 Å². The number of para-hydroxylation sites is 1. The van der Waals surface area contributed by atoms with Gasteiger partial charge in [-0.3, -0.25) is 0 Å². The normalized spacial score (nSPS) is 28.0. The van der Waals surface area contributed by atoms with E-state index in [0.29, 0.717) is 35.1 Å². The van der Waals surface area contributed by atoms with E-state index < -0.39 is 12.1 Å². The first-order valence-electron chi connectivity index (χ1n) is 14.9. The molecule has 224 valence electrons. The average Bonchev–Trinajstić information content (AvgIpc) is 3.58. The number of aromatic nitrogens is 3. The summed E-state index contributed by atoms with van der Waals surface area (Å²) in [6.07, 6.45) is 2.48. The maximum atomic E-state index is 13.1. The molecule has 2 aromatic carbocycles. The van der Waals surface area contributed by atoms with Crippen molar-refractivity contribution in [3.05, 3.63) is 76.0 Å². The van der Waals surface area contributed by atoms with Crippen LogP contribution in [0.5, 0.6) is 5.75 Å². The van der Waals surface area contributed by atoms with Gasteiger partial charge in [-0.15, -0.1) is 18.3 Å². The van der Waals surface area contributed by atoms with Crippen LogP contribution in [0.15, 0.2) is 62.3 Å². The molecule has 0 aliphatic heterocycles. The number of benzene rings is 2. The maximum absolute atomic E-state index is 13.1. The molecule has 1 N–H and O–H groups in total. The molecule has 4 saturated carbocycles. The summed E-state index contributed by atoms with van der Waals surface area (Å²) >= 11 is 0. The number of rotatable bonds is 8. The number of hydrogen-bond acceptors (Lipinski definition) is 7. The van der Waals surface area contributed by atoms with Gasteiger partial charge in [0.1, 0.15) is 17.2 Å². The average molecular weight is 594 g/mol. The Bertz CT molecular complexity index is 1710. The van der Waals surface area contributed by atoms with Crippen LogP contribution in [0.3, 0.4) is 0 Å². The predicted molar refractivity (Wildman–Crippen MR) is 147 cm³/mol. The zero-order valence-electron chi connectivity index (χ0n) is 23.2. The van der Waals surface area contributed by atoms with Crippen molar-refractivity contribution >= 4 is 0 Å². The lowest BCUT2D eigenvalue weighted by Gasteiger charge is -2.68. The van der Waals surface area contributed by atoms with Gasteiger partial charge in [0.25, 0.3) is 0 Å². The third-order valence-electron chi connectivity index (χ3n) is 10.1. The van der Waals surface area contributed by atoms with E-state index in [-0.39, 0.29) is 35.4 Å². The van der Waals surface area contributed by atoms with Crippen molar-refractivity contribution in [2.75, 3.05) is 0 Å². The quantitative estimate of drug-likeness (QED) is 0.232. The molecular formula is C32H30F3N3O5. The van der Waals surface area contributed by atoms with Crippen molar-refractivity contribution in [3.63, 3.8) is 0 Å². The van der Waals surface area contributed by atoms with Gasteiger partial charge in [-0.1, -0.05) is 29.4 Å². The highest BCUT2D eigenvalue weighted by atomic mass is 19.4. The lowest BCUT2D eigenvalue weighted by molar-refractivity contribution is -0.274. The van der Waals surface area contributed by atoms with Crippen LogP contribution in [0.1, 0.15) is 67.8 Å². The number of ether oxygens (including phenoxy) is 2. The zero-order chi connectivity index (χ0) is 29.3. The molecule has 8 nitrogen and oxygen atoms in total. The van der Waals surface area contributed by atoms with Crippen LogP contribution < -0.4 is 10.5 Å². The van der Waals surface area contributed by atoms with E-state index >= 15 is 0 Å². The molecule has 4 aliphatic rings. The van der Waals surface area contributed by atoms with Crippen LogP contribution in [-0.2, 0) is 16.8 Å². The number of nitrogens with zero attached hydrogens (tertiary/aromatic N) is 2. The Morgan fingerprint density at radius 3 is 2.53 bits per heavy atom. The first-order valence-corrected chi connectivity index (χ1v) is 14.9. The van der Waals surface area contributed by atoms with Crippen LogP contribution in [-0.4, -0.2) is 27.8 Å². The highest BCUT2D eigenvalue weighted by Gasteiger charge is 2.66. The molecule has 2 unspecified atom stereocenters. The first kappa shape index (κ1) is 26.7. The molecule has 0 bridgehead atoms. The van der Waals surface area contributed by atoms with Crippen molar-refractivity contribution in [1.82, 2.24) is 15.4 Å². The molecule has 0 amide bonds. The van der Waals surface area contributed by atoms with Gasteiger partial charge in [-0.05, 0) is 97.9 Å². The Morgan fingerprint density at radius 1 is 1.00 bits per heavy atom. The number of aromatic amines is 1. The number of hydrogen-bond donors (Lipinski definition) is 1. The highest BCUT2D eigenvalue weighted by molar-refractivity contribution is 5.70. The van der Waals surface area contributed by atoms with Gasteiger partial charge in [0.15, 0.2) is 0 Å². The van der Waals surface area contributed by atoms with E-state index in [1.807, 2.05) is 12.1 Å². The fourth-order valence-corrected chi connectivity index (χ4v) is 8.17. The van der Waals surface area contributed by atoms with E-state index in [9.17, 15) is 18.0 Å². The number of nitrogens with one attached hydrogen (secondary N) is 1. The zero-order valence-corrected chi connectivity index (χ0v) is 23.2. The second-order valence-electron chi connectivity index (χ2n) is 12.5. The second kappa shape index (κ2) is 9.83. The van der Waals surface area contributed by atoms with Crippen molar-refractivity contribution < 1.29 is 31.6 Å². The molecule has 4 aliphatic carbocycles. The highest BCUT2D eigenvalue weighted by Crippen LogP contribution is 2.71. The smallest absolute Gasteiger partial charge is 0.405 e. The van der Waals surface area contributed by atoms with E-state index in [2.05, 4.69) is 32.2 Å². The molecule has 11 heteroatoms. The second-order valence-corrected chi connectivity index (χ2v) is 12.5. The summed E-state index contributed by atoms with van der Waals surface area (Å²) in [7, 11) is 0. The molecule has 2 heterocycles. The fourth-order valence-electron chi connectivity index (χ4n) is 8.17. The van der Waals surface area contributed by atoms with Gasteiger partial charge in [0, 0.05) is 22.6 Å². The van der Waals surface area contributed by atoms with Crippen LogP contribution >= 0.6 is 0 Å². The monoisotopic (exact) mass is 593 g/mol. The van der Waals surface area contributed by atoms with Gasteiger partial charge < -0.3 is 18.4 Å². The number of alkyl halides is 3. The largest absolute Gasteiger partial charge is 0.573 e. The summed E-state index contributed by atoms with van der Waals surface area (Å²) in [5.74, 6) is 2.21. The van der Waals surface area contributed by atoms with Crippen LogP contribution in [0.2, 0.25) is 0 Å². The molecule has 5 atom stereocenters. The Kier molecular flexibility index (Phi) is 6.12. The van der Waals surface area contributed by atoms with Crippen molar-refractivity contribution in [1.29, 1.82) is 0 Å². The Morgan fingerprint density at radius 2 is 1.79 bits per heavy atom. The van der Waals surface area contributed by atoms with Crippen molar-refractivity contribution in [2.24, 2.45) is 17.8 Å². The molecule has 43 heavy (non-hydrogen) atoms. The standard InChI is InChI=1S/C32H30F3N3O5/c33-32(34,35)42-25-4-2-1-3-23(25)27-24(28(43-38-27)17-5-6-17)16-40-22-12-9-19-14-31(15-20(13-22)26(19)31)21-10-7-18(8-11-21)29-36-37-30(39)41-29/h1-4,7-8,10-11,17,19-20,22,26H,5-6,9,12-16H2,(H,37,39)/t19-,20-,22+,26?,31?/m0/s1. The lowest BCUT2D eigenvalue weighted by Crippen LogP contribution is -2.63. The van der Waals surface area contributed by atoms with Crippen LogP contribution in [0.25, 0.3) is 22.7 Å². The number of halogens is 3. The molecule has 4 aromatic rings. The summed E-state index contributed by atoms with van der Waals surface area (Å²) < 4.78 is 61.1. The minimum atomic E-state index is -4.81. The first-order chi connectivity index (χ1) is 20.8. The van der Waals surface area contributed by atoms with E-state index in [4.69, 9.17) is 13.7 Å². The fraction of sp³-hybridized carbons (Fsp3) is 0.469. The van der Waals surface area contributed by atoms with Crippen LogP contribution in [0, 0.1) is 17.8 Å². The third kappa shape index (κ3) is 4.68. The van der Waals surface area contributed by atoms with E-state index in [0.717, 1.165) is 56.1 Å². The third-order valence-corrected chi connectivity index (χ3v) is 10.1. The molecular weight excluding hydrogens is 563 g/mol. The molecule has 0 saturated heterocycles. The topological polar surface area (TPSA) is 103 Å². The van der Waals surface area contributed by atoms with E-state index in [1.54, 1.807) is 12.1 Å². The summed E-state index contributed by atoms with van der Waals surface area (Å²) in [4.78, 5) is 11.3. The van der Waals surface area contributed by atoms with E-state index in [1.165, 1.54) is 17.7 Å². The minimum absolute atomic E-state index is 0.0648. The number of H-pyrrole nitrogens is 1. The lowest BCUT2D eigenvalue weighted by atomic mass is 9.36. The Balaban J connectivity index is 0.975. The van der Waals surface area contributed by atoms with Gasteiger partial charge in [-0.2, -0.15) is 0 Å². The molecule has 0 radical (unpaired) electrons. The predicted octanol–water partition coefficient (Wildman–Crippen LogP) is 7.12. The molecule has 8 rings (SSSR count). The maximum Gasteiger partial charge on any atom is 0.573 e. The Labute approximate surface area is 244 Å². The molecule has 2 aromatic heterocycles. The summed E-state index contributed by atoms with van der Waals surface area (Å²) in [6, 6.07) is 14.3. The SMILES string of the molecule is O=c1[nH]nc(-c2ccc(C34C[C@@H]5CC[C@@H](OCc6c(-c7ccccc7OC(F)(F)F)noc6C6CC6)C[C@@H](C3)C54)cc2)o1. The summed E-state index contributed by atoms with van der Waals surface area (Å²) in [5, 5.41) is 10.4. The summed E-state index contributed by atoms with van der Waals surface area (Å²) in [5.41, 5.74) is 3.62.